The van der Waals surface area contributed by atoms with Crippen LogP contribution in [0.2, 0.25) is 0 Å². The highest BCUT2D eigenvalue weighted by Gasteiger charge is 2.22. The van der Waals surface area contributed by atoms with E-state index in [-0.39, 0.29) is 6.61 Å². The van der Waals surface area contributed by atoms with Crippen molar-refractivity contribution >= 4 is 5.97 Å². The molecule has 0 aliphatic carbocycles. The van der Waals surface area contributed by atoms with Crippen LogP contribution in [0.4, 0.5) is 0 Å². The van der Waals surface area contributed by atoms with Crippen molar-refractivity contribution in [3.8, 4) is 11.5 Å². The van der Waals surface area contributed by atoms with Crippen LogP contribution in [0.1, 0.15) is 35.3 Å². The van der Waals surface area contributed by atoms with Crippen LogP contribution in [0.15, 0.2) is 17.7 Å². The van der Waals surface area contributed by atoms with Crippen LogP contribution >= 0.6 is 0 Å². The van der Waals surface area contributed by atoms with E-state index in [1.165, 1.54) is 7.11 Å². The highest BCUT2D eigenvalue weighted by molar-refractivity contribution is 5.92. The van der Waals surface area contributed by atoms with Crippen LogP contribution in [-0.2, 0) is 16.1 Å². The van der Waals surface area contributed by atoms with Crippen molar-refractivity contribution in [2.75, 3.05) is 27.9 Å². The van der Waals surface area contributed by atoms with Gasteiger partial charge in [0.2, 0.25) is 0 Å². The van der Waals surface area contributed by atoms with Gasteiger partial charge in [-0.25, -0.2) is 4.79 Å². The van der Waals surface area contributed by atoms with E-state index in [0.29, 0.717) is 29.2 Å². The maximum Gasteiger partial charge on any atom is 0.338 e. The molecule has 0 heterocycles. The van der Waals surface area contributed by atoms with Gasteiger partial charge in [0.05, 0.1) is 26.4 Å². The van der Waals surface area contributed by atoms with E-state index in [2.05, 4.69) is 0 Å². The van der Waals surface area contributed by atoms with Gasteiger partial charge in [-0.15, -0.1) is 0 Å². The van der Waals surface area contributed by atoms with E-state index < -0.39 is 5.97 Å². The van der Waals surface area contributed by atoms with E-state index >= 15 is 0 Å². The molecule has 0 aromatic heterocycles. The Kier molecular flexibility index (Phi) is 6.92. The fourth-order valence-corrected chi connectivity index (χ4v) is 2.09. The van der Waals surface area contributed by atoms with E-state index in [9.17, 15) is 4.79 Å². The summed E-state index contributed by atoms with van der Waals surface area (Å²) in [7, 11) is 4.46. The van der Waals surface area contributed by atoms with Gasteiger partial charge in [-0.05, 0) is 32.9 Å². The molecule has 122 valence electrons. The van der Waals surface area contributed by atoms with Crippen molar-refractivity contribution in [3.05, 3.63) is 34.4 Å². The monoisotopic (exact) mass is 308 g/mol. The Labute approximate surface area is 131 Å². The molecule has 0 aliphatic rings. The second kappa shape index (κ2) is 8.44. The van der Waals surface area contributed by atoms with Crippen molar-refractivity contribution in [1.82, 2.24) is 0 Å². The van der Waals surface area contributed by atoms with E-state index in [1.54, 1.807) is 20.3 Å². The quantitative estimate of drug-likeness (QED) is 0.571. The van der Waals surface area contributed by atoms with E-state index in [4.69, 9.17) is 18.9 Å². The Bertz CT molecular complexity index is 557. The van der Waals surface area contributed by atoms with Crippen LogP contribution in [0.5, 0.6) is 11.5 Å². The highest BCUT2D eigenvalue weighted by Crippen LogP contribution is 2.35. The van der Waals surface area contributed by atoms with Gasteiger partial charge in [0.25, 0.3) is 0 Å². The zero-order valence-corrected chi connectivity index (χ0v) is 14.1. The molecule has 1 rings (SSSR count). The number of methoxy groups -OCH3 is 3. The summed E-state index contributed by atoms with van der Waals surface area (Å²) in [6.07, 6.45) is 1.97. The van der Waals surface area contributed by atoms with Gasteiger partial charge in [-0.2, -0.15) is 0 Å². The normalized spacial score (nSPS) is 10.1. The van der Waals surface area contributed by atoms with Crippen molar-refractivity contribution in [3.63, 3.8) is 0 Å². The molecule has 0 aliphatic heterocycles. The van der Waals surface area contributed by atoms with Crippen LogP contribution in [0, 0.1) is 6.92 Å². The predicted octanol–water partition coefficient (Wildman–Crippen LogP) is 3.28. The number of allylic oxidation sites excluding steroid dienone is 1. The van der Waals surface area contributed by atoms with Gasteiger partial charge < -0.3 is 18.9 Å². The zero-order chi connectivity index (χ0) is 16.7. The second-order valence-corrected chi connectivity index (χ2v) is 5.08. The third-order valence-electron chi connectivity index (χ3n) is 3.21. The second-order valence-electron chi connectivity index (χ2n) is 5.08. The number of hydrogen-bond acceptors (Lipinski definition) is 5. The van der Waals surface area contributed by atoms with Gasteiger partial charge in [0, 0.05) is 18.2 Å². The lowest BCUT2D eigenvalue weighted by atomic mass is 10.0. The Hall–Kier alpha value is -2.01. The lowest BCUT2D eigenvalue weighted by molar-refractivity contribution is 0.0594. The molecule has 0 unspecified atom stereocenters. The number of esters is 1. The lowest BCUT2D eigenvalue weighted by Crippen LogP contribution is -2.11. The molecule has 0 atom stereocenters. The largest absolute Gasteiger partial charge is 0.496 e. The molecule has 0 saturated heterocycles. The highest BCUT2D eigenvalue weighted by atomic mass is 16.5. The topological polar surface area (TPSA) is 54.0 Å². The minimum atomic E-state index is -0.447. The average molecular weight is 308 g/mol. The summed E-state index contributed by atoms with van der Waals surface area (Å²) in [6, 6.07) is 1.68. The molecule has 0 bridgehead atoms. The molecule has 1 aromatic rings. The molecule has 1 aromatic carbocycles. The van der Waals surface area contributed by atoms with Gasteiger partial charge in [-0.1, -0.05) is 5.57 Å². The Morgan fingerprint density at radius 1 is 1.23 bits per heavy atom. The summed E-state index contributed by atoms with van der Waals surface area (Å²) in [5, 5.41) is 0. The molecule has 0 saturated carbocycles. The van der Waals surface area contributed by atoms with Crippen LogP contribution in [0.25, 0.3) is 0 Å². The van der Waals surface area contributed by atoms with Gasteiger partial charge in [0.1, 0.15) is 18.1 Å². The maximum atomic E-state index is 12.0. The summed E-state index contributed by atoms with van der Waals surface area (Å²) in [6.45, 7) is 6.56. The van der Waals surface area contributed by atoms with Crippen LogP contribution in [0.3, 0.4) is 0 Å². The smallest absolute Gasteiger partial charge is 0.338 e. The first-order chi connectivity index (χ1) is 10.5. The lowest BCUT2D eigenvalue weighted by Gasteiger charge is -2.18. The number of rotatable bonds is 7. The summed E-state index contributed by atoms with van der Waals surface area (Å²) >= 11 is 0. The predicted molar refractivity (Wildman–Crippen MR) is 84.7 cm³/mol. The minimum Gasteiger partial charge on any atom is -0.496 e. The van der Waals surface area contributed by atoms with Crippen molar-refractivity contribution in [2.24, 2.45) is 0 Å². The summed E-state index contributed by atoms with van der Waals surface area (Å²) in [4.78, 5) is 12.0. The number of hydrogen-bond donors (Lipinski definition) is 0. The molecule has 0 amide bonds. The zero-order valence-electron chi connectivity index (χ0n) is 14.1. The fraction of sp³-hybridized carbons (Fsp3) is 0.471. The summed E-state index contributed by atoms with van der Waals surface area (Å²) < 4.78 is 21.2. The molecule has 0 fully saturated rings. The van der Waals surface area contributed by atoms with Crippen molar-refractivity contribution < 1.29 is 23.7 Å². The van der Waals surface area contributed by atoms with Crippen LogP contribution < -0.4 is 9.47 Å². The first-order valence-corrected chi connectivity index (χ1v) is 7.00. The van der Waals surface area contributed by atoms with Gasteiger partial charge in [-0.3, -0.25) is 0 Å². The molecule has 0 N–H and O–H groups in total. The first-order valence-electron chi connectivity index (χ1n) is 7.00. The molecule has 0 spiro atoms. The van der Waals surface area contributed by atoms with E-state index in [1.807, 2.05) is 26.8 Å². The Balaban J connectivity index is 3.34. The Morgan fingerprint density at radius 3 is 2.41 bits per heavy atom. The third kappa shape index (κ3) is 4.24. The molecule has 22 heavy (non-hydrogen) atoms. The van der Waals surface area contributed by atoms with Crippen molar-refractivity contribution in [2.45, 2.75) is 27.4 Å². The number of carbonyl (C=O) groups excluding carboxylic acids is 1. The fourth-order valence-electron chi connectivity index (χ4n) is 2.09. The molecular formula is C17H24O5. The van der Waals surface area contributed by atoms with E-state index in [0.717, 1.165) is 11.1 Å². The molecular weight excluding hydrogens is 284 g/mol. The number of benzene rings is 1. The van der Waals surface area contributed by atoms with Crippen molar-refractivity contribution in [1.29, 1.82) is 0 Å². The SMILES string of the molecule is COCc1c(C(=O)OC)cc(OCC=C(C)C)c(C)c1OC. The molecule has 0 radical (unpaired) electrons. The summed E-state index contributed by atoms with van der Waals surface area (Å²) in [5.41, 5.74) is 3.03. The average Bonchev–Trinajstić information content (AvgIpc) is 2.49. The first kappa shape index (κ1) is 18.0. The number of carbonyl (C=O) groups is 1. The third-order valence-corrected chi connectivity index (χ3v) is 3.21. The minimum absolute atomic E-state index is 0.253. The van der Waals surface area contributed by atoms with Gasteiger partial charge in [0.15, 0.2) is 0 Å². The number of ether oxygens (including phenoxy) is 4. The van der Waals surface area contributed by atoms with Crippen LogP contribution in [-0.4, -0.2) is 33.9 Å². The molecule has 5 heteroatoms. The standard InChI is InChI=1S/C17H24O5/c1-11(2)7-8-22-15-9-13(17(18)21-6)14(10-19-4)16(20-5)12(15)3/h7,9H,8,10H2,1-6H3. The molecule has 5 nitrogen and oxygen atoms in total. The maximum absolute atomic E-state index is 12.0. The summed E-state index contributed by atoms with van der Waals surface area (Å²) in [5.74, 6) is 0.726. The Morgan fingerprint density at radius 2 is 1.91 bits per heavy atom. The van der Waals surface area contributed by atoms with Gasteiger partial charge >= 0.3 is 5.97 Å².